The normalized spacial score (nSPS) is 19.0. The zero-order valence-electron chi connectivity index (χ0n) is 15.5. The molecule has 0 aliphatic carbocycles. The minimum atomic E-state index is -4.27. The first-order valence-corrected chi connectivity index (χ1v) is 10.5. The summed E-state index contributed by atoms with van der Waals surface area (Å²) in [5, 5.41) is 6.86. The molecule has 11 heteroatoms. The number of hydrogen-bond acceptors (Lipinski definition) is 6. The Labute approximate surface area is 167 Å². The van der Waals surface area contributed by atoms with Crippen LogP contribution in [-0.2, 0) is 10.1 Å². The smallest absolute Gasteiger partial charge is 0.266 e. The number of amidine groups is 1. The third-order valence-corrected chi connectivity index (χ3v) is 5.37. The van der Waals surface area contributed by atoms with E-state index in [1.165, 1.54) is 6.20 Å². The zero-order valence-corrected chi connectivity index (χ0v) is 17.1. The Hall–Kier alpha value is -2.17. The lowest BCUT2D eigenvalue weighted by molar-refractivity contribution is 0.310. The molecule has 0 amide bonds. The van der Waals surface area contributed by atoms with Crippen LogP contribution in [0.2, 0.25) is 5.02 Å². The molecule has 2 atom stereocenters. The molecule has 2 aromatic heterocycles. The van der Waals surface area contributed by atoms with E-state index in [4.69, 9.17) is 11.6 Å². The molecule has 3 rings (SSSR count). The van der Waals surface area contributed by atoms with Crippen molar-refractivity contribution in [1.82, 2.24) is 20.6 Å². The van der Waals surface area contributed by atoms with Gasteiger partial charge in [0.2, 0.25) is 0 Å². The second-order valence-corrected chi connectivity index (χ2v) is 9.58. The SMILES string of the molecule is CC(C)(C)[C@@H](CS(=O)(=O)O)NC1=NC(c2c[nH]c3ncc(Cl)cc23)NC=C1F. The van der Waals surface area contributed by atoms with Crippen molar-refractivity contribution in [3.05, 3.63) is 41.1 Å². The number of nitrogens with one attached hydrogen (secondary N) is 3. The first-order valence-electron chi connectivity index (χ1n) is 8.48. The van der Waals surface area contributed by atoms with E-state index in [0.29, 0.717) is 16.2 Å². The lowest BCUT2D eigenvalue weighted by Gasteiger charge is -2.32. The van der Waals surface area contributed by atoms with Gasteiger partial charge in [0.1, 0.15) is 11.8 Å². The number of nitrogens with zero attached hydrogens (tertiary/aromatic N) is 2. The van der Waals surface area contributed by atoms with Crippen molar-refractivity contribution in [1.29, 1.82) is 0 Å². The largest absolute Gasteiger partial charge is 0.363 e. The fraction of sp³-hybridized carbons (Fsp3) is 0.412. The average Bonchev–Trinajstić information content (AvgIpc) is 2.97. The van der Waals surface area contributed by atoms with Gasteiger partial charge < -0.3 is 15.6 Å². The van der Waals surface area contributed by atoms with Crippen LogP contribution >= 0.6 is 11.6 Å². The summed E-state index contributed by atoms with van der Waals surface area (Å²) in [6.45, 7) is 5.34. The number of aromatic nitrogens is 2. The van der Waals surface area contributed by atoms with E-state index in [1.54, 1.807) is 33.0 Å². The van der Waals surface area contributed by atoms with Crippen LogP contribution in [0.4, 0.5) is 4.39 Å². The Kier molecular flexibility index (Phi) is 5.39. The van der Waals surface area contributed by atoms with Gasteiger partial charge in [0.05, 0.1) is 10.8 Å². The summed E-state index contributed by atoms with van der Waals surface area (Å²) >= 11 is 6.02. The van der Waals surface area contributed by atoms with Crippen LogP contribution in [0.15, 0.2) is 35.5 Å². The maximum Gasteiger partial charge on any atom is 0.266 e. The molecule has 28 heavy (non-hydrogen) atoms. The van der Waals surface area contributed by atoms with Crippen molar-refractivity contribution < 1.29 is 17.4 Å². The topological polar surface area (TPSA) is 119 Å². The van der Waals surface area contributed by atoms with Crippen LogP contribution in [0.5, 0.6) is 0 Å². The molecule has 4 N–H and O–H groups in total. The van der Waals surface area contributed by atoms with E-state index >= 15 is 0 Å². The highest BCUT2D eigenvalue weighted by molar-refractivity contribution is 7.85. The Morgan fingerprint density at radius 3 is 2.79 bits per heavy atom. The predicted octanol–water partition coefficient (Wildman–Crippen LogP) is 2.92. The van der Waals surface area contributed by atoms with Gasteiger partial charge in [0, 0.05) is 35.6 Å². The fourth-order valence-corrected chi connectivity index (χ4v) is 3.98. The monoisotopic (exact) mass is 429 g/mol. The van der Waals surface area contributed by atoms with E-state index < -0.39 is 39.3 Å². The number of halogens is 2. The van der Waals surface area contributed by atoms with Gasteiger partial charge in [-0.25, -0.2) is 14.4 Å². The van der Waals surface area contributed by atoms with E-state index in [1.807, 2.05) is 0 Å². The third-order valence-electron chi connectivity index (χ3n) is 4.41. The number of rotatable bonds is 4. The van der Waals surface area contributed by atoms with Crippen molar-refractivity contribution in [2.75, 3.05) is 5.75 Å². The van der Waals surface area contributed by atoms with Crippen molar-refractivity contribution in [2.24, 2.45) is 10.4 Å². The molecule has 1 aliphatic rings. The van der Waals surface area contributed by atoms with Gasteiger partial charge in [0.25, 0.3) is 10.1 Å². The maximum atomic E-state index is 14.4. The predicted molar refractivity (Wildman–Crippen MR) is 106 cm³/mol. The molecular weight excluding hydrogens is 409 g/mol. The van der Waals surface area contributed by atoms with Crippen molar-refractivity contribution in [3.8, 4) is 0 Å². The molecule has 8 nitrogen and oxygen atoms in total. The van der Waals surface area contributed by atoms with Gasteiger partial charge in [0.15, 0.2) is 11.7 Å². The number of hydrogen-bond donors (Lipinski definition) is 4. The summed E-state index contributed by atoms with van der Waals surface area (Å²) in [5.74, 6) is -1.35. The van der Waals surface area contributed by atoms with Crippen LogP contribution in [0.3, 0.4) is 0 Å². The van der Waals surface area contributed by atoms with E-state index in [9.17, 15) is 17.4 Å². The third kappa shape index (κ3) is 4.62. The minimum Gasteiger partial charge on any atom is -0.363 e. The van der Waals surface area contributed by atoms with Crippen molar-refractivity contribution in [3.63, 3.8) is 0 Å². The minimum absolute atomic E-state index is 0.100. The van der Waals surface area contributed by atoms with Crippen molar-refractivity contribution >= 4 is 38.6 Å². The molecule has 0 radical (unpaired) electrons. The highest BCUT2D eigenvalue weighted by Crippen LogP contribution is 2.29. The van der Waals surface area contributed by atoms with E-state index in [0.717, 1.165) is 11.6 Å². The second-order valence-electron chi connectivity index (χ2n) is 7.64. The van der Waals surface area contributed by atoms with E-state index in [2.05, 4.69) is 25.6 Å². The number of aliphatic imine (C=N–C) groups is 1. The molecule has 0 spiro atoms. The molecule has 1 aliphatic heterocycles. The second kappa shape index (κ2) is 7.34. The summed E-state index contributed by atoms with van der Waals surface area (Å²) in [6.07, 6.45) is 3.73. The fourth-order valence-electron chi connectivity index (χ4n) is 2.82. The van der Waals surface area contributed by atoms with E-state index in [-0.39, 0.29) is 5.84 Å². The first-order chi connectivity index (χ1) is 12.9. The summed E-state index contributed by atoms with van der Waals surface area (Å²) in [4.78, 5) is 11.5. The molecule has 3 heterocycles. The van der Waals surface area contributed by atoms with Gasteiger partial charge in [-0.05, 0) is 11.5 Å². The lowest BCUT2D eigenvalue weighted by atomic mass is 9.88. The van der Waals surface area contributed by atoms with Crippen LogP contribution < -0.4 is 10.6 Å². The number of pyridine rings is 1. The summed E-state index contributed by atoms with van der Waals surface area (Å²) in [7, 11) is -4.27. The quantitative estimate of drug-likeness (QED) is 0.555. The maximum absolute atomic E-state index is 14.4. The standard InChI is InChI=1S/C17H21ClFN5O3S/c1-17(2,3)13(8-28(25,26)27)23-16-12(19)7-22-15(24-16)11-6-21-14-10(11)4-9(18)5-20-14/h4-7,13,15,22H,8H2,1-3H3,(H,20,21)(H,23,24)(H,25,26,27)/t13-,15?/m1/s1. The molecular formula is C17H21ClFN5O3S. The van der Waals surface area contributed by atoms with Crippen molar-refractivity contribution in [2.45, 2.75) is 33.0 Å². The molecule has 1 unspecified atom stereocenters. The Morgan fingerprint density at radius 2 is 2.14 bits per heavy atom. The Balaban J connectivity index is 1.94. The zero-order chi connectivity index (χ0) is 20.7. The van der Waals surface area contributed by atoms with Crippen LogP contribution in [0, 0.1) is 5.41 Å². The Bertz CT molecular complexity index is 1060. The number of fused-ring (bicyclic) bond motifs is 1. The molecule has 152 valence electrons. The summed E-state index contributed by atoms with van der Waals surface area (Å²) in [5.41, 5.74) is 0.729. The molecule has 0 saturated heterocycles. The molecule has 0 saturated carbocycles. The van der Waals surface area contributed by atoms with Gasteiger partial charge >= 0.3 is 0 Å². The summed E-state index contributed by atoms with van der Waals surface area (Å²) < 4.78 is 46.4. The number of H-pyrrole nitrogens is 1. The highest BCUT2D eigenvalue weighted by atomic mass is 35.5. The highest BCUT2D eigenvalue weighted by Gasteiger charge is 2.32. The lowest BCUT2D eigenvalue weighted by Crippen LogP contribution is -2.49. The number of aromatic amines is 1. The molecule has 0 fully saturated rings. The summed E-state index contributed by atoms with van der Waals surface area (Å²) in [6, 6.07) is 0.962. The van der Waals surface area contributed by atoms with Gasteiger partial charge in [-0.1, -0.05) is 32.4 Å². The van der Waals surface area contributed by atoms with Crippen LogP contribution in [-0.4, -0.2) is 40.6 Å². The molecule has 2 aromatic rings. The Morgan fingerprint density at radius 1 is 1.43 bits per heavy atom. The van der Waals surface area contributed by atoms with Gasteiger partial charge in [-0.3, -0.25) is 4.55 Å². The first kappa shape index (κ1) is 20.6. The van der Waals surface area contributed by atoms with Crippen LogP contribution in [0.25, 0.3) is 11.0 Å². The van der Waals surface area contributed by atoms with Gasteiger partial charge in [-0.15, -0.1) is 0 Å². The van der Waals surface area contributed by atoms with Crippen LogP contribution in [0.1, 0.15) is 32.5 Å². The average molecular weight is 430 g/mol. The molecule has 0 bridgehead atoms. The molecule has 0 aromatic carbocycles. The van der Waals surface area contributed by atoms with Gasteiger partial charge in [-0.2, -0.15) is 8.42 Å².